The molecule has 0 aliphatic carbocycles. The van der Waals surface area contributed by atoms with E-state index in [0.29, 0.717) is 11.4 Å². The Labute approximate surface area is 200 Å². The van der Waals surface area contributed by atoms with Crippen LogP contribution in [0.2, 0.25) is 0 Å². The van der Waals surface area contributed by atoms with E-state index in [2.05, 4.69) is 15.4 Å². The highest BCUT2D eigenvalue weighted by atomic mass is 32.2. The molecule has 0 fully saturated rings. The van der Waals surface area contributed by atoms with Gasteiger partial charge in [0.2, 0.25) is 11.8 Å². The van der Waals surface area contributed by atoms with Crippen LogP contribution in [0.15, 0.2) is 71.6 Å². The van der Waals surface area contributed by atoms with Gasteiger partial charge in [-0.1, -0.05) is 48.0 Å². The molecule has 3 aromatic carbocycles. The van der Waals surface area contributed by atoms with E-state index in [1.807, 2.05) is 63.2 Å². The van der Waals surface area contributed by atoms with Gasteiger partial charge in [-0.15, -0.1) is 0 Å². The van der Waals surface area contributed by atoms with Gasteiger partial charge in [0.15, 0.2) is 0 Å². The molecule has 0 aliphatic heterocycles. The summed E-state index contributed by atoms with van der Waals surface area (Å²) in [6, 6.07) is 18.7. The topological polar surface area (TPSA) is 104 Å². The maximum absolute atomic E-state index is 12.8. The minimum atomic E-state index is -3.79. The predicted octanol–water partition coefficient (Wildman–Crippen LogP) is 4.62. The summed E-state index contributed by atoms with van der Waals surface area (Å²) in [6.07, 6.45) is 0.0385. The van der Waals surface area contributed by atoms with E-state index in [9.17, 15) is 18.0 Å². The van der Waals surface area contributed by atoms with Gasteiger partial charge in [-0.25, -0.2) is 8.42 Å². The fourth-order valence-corrected chi connectivity index (χ4v) is 4.78. The normalized spacial score (nSPS) is 12.0. The molecule has 0 bridgehead atoms. The van der Waals surface area contributed by atoms with Crippen molar-refractivity contribution in [1.82, 2.24) is 5.32 Å². The number of anilines is 2. The van der Waals surface area contributed by atoms with E-state index in [4.69, 9.17) is 0 Å². The van der Waals surface area contributed by atoms with Crippen molar-refractivity contribution < 1.29 is 18.0 Å². The van der Waals surface area contributed by atoms with Gasteiger partial charge in [-0.3, -0.25) is 14.3 Å². The lowest BCUT2D eigenvalue weighted by Gasteiger charge is -2.18. The van der Waals surface area contributed by atoms with Gasteiger partial charge in [-0.2, -0.15) is 0 Å². The van der Waals surface area contributed by atoms with Crippen LogP contribution in [0.4, 0.5) is 11.4 Å². The van der Waals surface area contributed by atoms with Crippen molar-refractivity contribution >= 4 is 33.2 Å². The molecule has 3 N–H and O–H groups in total. The Bertz CT molecular complexity index is 1260. The average molecular weight is 480 g/mol. The summed E-state index contributed by atoms with van der Waals surface area (Å²) in [5.41, 5.74) is 4.58. The molecule has 0 saturated heterocycles. The molecule has 0 aliphatic rings. The van der Waals surface area contributed by atoms with Crippen molar-refractivity contribution in [2.24, 2.45) is 0 Å². The SMILES string of the molecule is CC(=O)NC(CC(=O)Nc1ccc(S(=O)(=O)Nc2c(C)cccc2C)cc1)c1ccc(C)cc1. The Kier molecular flexibility index (Phi) is 7.73. The number of rotatable bonds is 8. The van der Waals surface area contributed by atoms with Crippen LogP contribution in [0.5, 0.6) is 0 Å². The zero-order valence-corrected chi connectivity index (χ0v) is 20.5. The van der Waals surface area contributed by atoms with Crippen molar-refractivity contribution in [3.8, 4) is 0 Å². The molecule has 0 spiro atoms. The Balaban J connectivity index is 1.70. The number of benzene rings is 3. The molecule has 2 amide bonds. The lowest BCUT2D eigenvalue weighted by Crippen LogP contribution is -2.29. The van der Waals surface area contributed by atoms with Crippen LogP contribution < -0.4 is 15.4 Å². The number of carbonyl (C=O) groups is 2. The predicted molar refractivity (Wildman–Crippen MR) is 134 cm³/mol. The summed E-state index contributed by atoms with van der Waals surface area (Å²) in [5.74, 6) is -0.534. The highest BCUT2D eigenvalue weighted by Crippen LogP contribution is 2.24. The van der Waals surface area contributed by atoms with Crippen LogP contribution in [0.1, 0.15) is 41.6 Å². The maximum Gasteiger partial charge on any atom is 0.261 e. The van der Waals surface area contributed by atoms with Gasteiger partial charge in [0.1, 0.15) is 0 Å². The van der Waals surface area contributed by atoms with Crippen LogP contribution in [0.3, 0.4) is 0 Å². The molecule has 0 radical (unpaired) electrons. The number of amides is 2. The van der Waals surface area contributed by atoms with Crippen LogP contribution >= 0.6 is 0 Å². The number of nitrogens with one attached hydrogen (secondary N) is 3. The van der Waals surface area contributed by atoms with Crippen molar-refractivity contribution in [2.45, 2.75) is 45.1 Å². The standard InChI is InChI=1S/C26H29N3O4S/c1-17-8-10-21(11-9-17)24(27-20(4)30)16-25(31)28-22-12-14-23(15-13-22)34(32,33)29-26-18(2)6-5-7-19(26)3/h5-15,24,29H,16H2,1-4H3,(H,27,30)(H,28,31). The number of carbonyl (C=O) groups excluding carboxylic acids is 2. The molecule has 3 rings (SSSR count). The Morgan fingerprint density at radius 3 is 2.00 bits per heavy atom. The second-order valence-electron chi connectivity index (χ2n) is 8.31. The van der Waals surface area contributed by atoms with Crippen molar-refractivity contribution in [3.05, 3.63) is 89.0 Å². The van der Waals surface area contributed by atoms with Crippen molar-refractivity contribution in [1.29, 1.82) is 0 Å². The smallest absolute Gasteiger partial charge is 0.261 e. The highest BCUT2D eigenvalue weighted by molar-refractivity contribution is 7.92. The summed E-state index contributed by atoms with van der Waals surface area (Å²) in [5, 5.41) is 5.57. The monoisotopic (exact) mass is 479 g/mol. The molecular weight excluding hydrogens is 450 g/mol. The molecule has 3 aromatic rings. The molecule has 178 valence electrons. The van der Waals surface area contributed by atoms with E-state index >= 15 is 0 Å². The van der Waals surface area contributed by atoms with Gasteiger partial charge >= 0.3 is 0 Å². The second-order valence-corrected chi connectivity index (χ2v) is 10.00. The van der Waals surface area contributed by atoms with E-state index < -0.39 is 16.1 Å². The molecular formula is C26H29N3O4S. The largest absolute Gasteiger partial charge is 0.349 e. The Morgan fingerprint density at radius 2 is 1.44 bits per heavy atom. The number of sulfonamides is 1. The third-order valence-electron chi connectivity index (χ3n) is 5.41. The van der Waals surface area contributed by atoms with Crippen LogP contribution in [-0.4, -0.2) is 20.2 Å². The second kappa shape index (κ2) is 10.5. The van der Waals surface area contributed by atoms with Gasteiger partial charge in [0.05, 0.1) is 23.0 Å². The molecule has 1 atom stereocenters. The molecule has 8 heteroatoms. The van der Waals surface area contributed by atoms with E-state index in [1.165, 1.54) is 31.2 Å². The minimum Gasteiger partial charge on any atom is -0.349 e. The zero-order valence-electron chi connectivity index (χ0n) is 19.7. The average Bonchev–Trinajstić information content (AvgIpc) is 2.76. The van der Waals surface area contributed by atoms with E-state index in [1.54, 1.807) is 0 Å². The van der Waals surface area contributed by atoms with Crippen molar-refractivity contribution in [2.75, 3.05) is 10.0 Å². The summed E-state index contributed by atoms with van der Waals surface area (Å²) in [6.45, 7) is 7.05. The fourth-order valence-electron chi connectivity index (χ4n) is 3.58. The summed E-state index contributed by atoms with van der Waals surface area (Å²) in [7, 11) is -3.79. The number of aryl methyl sites for hydroxylation is 3. The van der Waals surface area contributed by atoms with Gasteiger partial charge in [-0.05, 0) is 61.7 Å². The molecule has 0 saturated carbocycles. The van der Waals surface area contributed by atoms with Gasteiger partial charge < -0.3 is 10.6 Å². The fraction of sp³-hybridized carbons (Fsp3) is 0.231. The first-order chi connectivity index (χ1) is 16.0. The minimum absolute atomic E-state index is 0.0385. The molecule has 0 aromatic heterocycles. The first kappa shape index (κ1) is 25.0. The van der Waals surface area contributed by atoms with Crippen LogP contribution in [0, 0.1) is 20.8 Å². The lowest BCUT2D eigenvalue weighted by atomic mass is 10.0. The first-order valence-electron chi connectivity index (χ1n) is 10.9. The molecule has 34 heavy (non-hydrogen) atoms. The van der Waals surface area contributed by atoms with E-state index in [-0.39, 0.29) is 23.1 Å². The number of para-hydroxylation sites is 1. The van der Waals surface area contributed by atoms with Gasteiger partial charge in [0.25, 0.3) is 10.0 Å². The Morgan fingerprint density at radius 1 is 0.853 bits per heavy atom. The number of hydrogen-bond acceptors (Lipinski definition) is 4. The van der Waals surface area contributed by atoms with Gasteiger partial charge in [0, 0.05) is 12.6 Å². The third-order valence-corrected chi connectivity index (χ3v) is 6.78. The molecule has 7 nitrogen and oxygen atoms in total. The molecule has 0 heterocycles. The third kappa shape index (κ3) is 6.45. The quantitative estimate of drug-likeness (QED) is 0.438. The first-order valence-corrected chi connectivity index (χ1v) is 12.4. The van der Waals surface area contributed by atoms with E-state index in [0.717, 1.165) is 22.3 Å². The summed E-state index contributed by atoms with van der Waals surface area (Å²) >= 11 is 0. The van der Waals surface area contributed by atoms with Crippen LogP contribution in [0.25, 0.3) is 0 Å². The molecule has 1 unspecified atom stereocenters. The summed E-state index contributed by atoms with van der Waals surface area (Å²) < 4.78 is 28.3. The Hall–Kier alpha value is -3.65. The maximum atomic E-state index is 12.8. The van der Waals surface area contributed by atoms with Crippen molar-refractivity contribution in [3.63, 3.8) is 0 Å². The van der Waals surface area contributed by atoms with Crippen LogP contribution in [-0.2, 0) is 19.6 Å². The number of hydrogen-bond donors (Lipinski definition) is 3. The zero-order chi connectivity index (χ0) is 24.9. The highest BCUT2D eigenvalue weighted by Gasteiger charge is 2.19. The lowest BCUT2D eigenvalue weighted by molar-refractivity contribution is -0.120. The summed E-state index contributed by atoms with van der Waals surface area (Å²) in [4.78, 5) is 24.4.